The van der Waals surface area contributed by atoms with Crippen LogP contribution in [0, 0.1) is 0 Å². The molecule has 18 nitrogen and oxygen atoms in total. The Kier molecular flexibility index (Phi) is 23.2. The van der Waals surface area contributed by atoms with Crippen LogP contribution in [0.4, 0.5) is 17.1 Å². The van der Waals surface area contributed by atoms with E-state index in [2.05, 4.69) is 16.0 Å². The summed E-state index contributed by atoms with van der Waals surface area (Å²) in [7, 11) is 0. The SMILES string of the molecule is Cl.NCCCCC(N)(C(=O)Cc1ccc(O)cc1)C(=O)Nc1ccc(C(c2ccc(NC(=O)C(N)(CCCCN)C(=O)Cc3ccc(O)cc3)cc2)c2ccc(NC(=O)C(N)(CCCCN)C(=O)Cc3ccc(O)cc3)cc2)cc1. The first kappa shape index (κ1) is 63.0. The lowest BCUT2D eigenvalue weighted by Crippen LogP contribution is -2.58. The molecule has 6 aromatic rings. The Labute approximate surface area is 472 Å². The van der Waals surface area contributed by atoms with E-state index in [0.29, 0.717) is 91.9 Å². The molecule has 0 spiro atoms. The average Bonchev–Trinajstić information content (AvgIpc) is 3.46. The van der Waals surface area contributed by atoms with Gasteiger partial charge in [0.25, 0.3) is 17.7 Å². The molecule has 6 aromatic carbocycles. The average molecular weight is 1110 g/mol. The van der Waals surface area contributed by atoms with Gasteiger partial charge in [0, 0.05) is 42.2 Å². The van der Waals surface area contributed by atoms with Crippen LogP contribution in [0.5, 0.6) is 17.2 Å². The molecule has 0 fully saturated rings. The fraction of sp³-hybridized carbons (Fsp3) is 0.311. The van der Waals surface area contributed by atoms with Gasteiger partial charge >= 0.3 is 0 Å². The standard InChI is InChI=1S/C61H73N9O9.ClH/c62-34-4-1-31-59(65,52(74)37-40-7-25-49(71)26-8-40)56(77)68-46-19-13-43(14-20-46)55(44-15-21-47(22-16-44)69-57(78)60(66,32-2-5-35-63)53(75)38-41-9-27-50(72)28-10-41)45-17-23-48(24-18-45)70-58(79)61(67,33-3-6-36-64)54(76)39-42-11-29-51(73)30-12-42;/h7-30,55,71-73H,1-6,31-39,62-67H2,(H,68,77)(H,69,78)(H,70,79);1H. The maximum absolute atomic E-state index is 14.0. The van der Waals surface area contributed by atoms with E-state index in [9.17, 15) is 44.1 Å². The predicted molar refractivity (Wildman–Crippen MR) is 313 cm³/mol. The Morgan fingerprint density at radius 2 is 0.588 bits per heavy atom. The number of phenolic OH excluding ortho intramolecular Hbond substituents is 3. The number of carbonyl (C=O) groups excluding carboxylic acids is 6. The maximum atomic E-state index is 14.0. The molecule has 0 aliphatic carbocycles. The largest absolute Gasteiger partial charge is 0.508 e. The molecule has 0 bridgehead atoms. The van der Waals surface area contributed by atoms with Gasteiger partial charge in [0.2, 0.25) is 0 Å². The summed E-state index contributed by atoms with van der Waals surface area (Å²) in [6, 6.07) is 39.3. The molecule has 19 heteroatoms. The number of hydrogen-bond acceptors (Lipinski definition) is 15. The summed E-state index contributed by atoms with van der Waals surface area (Å²) in [6.45, 7) is 1.05. The molecule has 3 atom stereocenters. The highest BCUT2D eigenvalue weighted by Crippen LogP contribution is 2.35. The van der Waals surface area contributed by atoms with E-state index < -0.39 is 57.6 Å². The number of hydrogen-bond donors (Lipinski definition) is 12. The van der Waals surface area contributed by atoms with E-state index in [0.717, 1.165) is 16.7 Å². The molecule has 0 radical (unpaired) electrons. The van der Waals surface area contributed by atoms with Crippen LogP contribution in [0.25, 0.3) is 0 Å². The first-order valence-electron chi connectivity index (χ1n) is 26.5. The number of aromatic hydroxyl groups is 3. The van der Waals surface area contributed by atoms with Crippen molar-refractivity contribution in [2.45, 2.75) is 99.6 Å². The van der Waals surface area contributed by atoms with Gasteiger partial charge in [0.15, 0.2) is 34.0 Å². The second kappa shape index (κ2) is 29.4. The van der Waals surface area contributed by atoms with E-state index in [4.69, 9.17) is 34.4 Å². The zero-order valence-corrected chi connectivity index (χ0v) is 45.5. The first-order chi connectivity index (χ1) is 37.8. The third kappa shape index (κ3) is 16.6. The normalized spacial score (nSPS) is 13.7. The zero-order chi connectivity index (χ0) is 57.2. The number of unbranched alkanes of at least 4 members (excludes halogenated alkanes) is 3. The summed E-state index contributed by atoms with van der Waals surface area (Å²) in [4.78, 5) is 83.5. The number of nitrogens with two attached hydrogens (primary N) is 6. The first-order valence-corrected chi connectivity index (χ1v) is 26.5. The molecule has 3 unspecified atom stereocenters. The predicted octanol–water partition coefficient (Wildman–Crippen LogP) is 6.14. The number of carbonyl (C=O) groups is 6. The minimum atomic E-state index is -1.90. The van der Waals surface area contributed by atoms with Crippen LogP contribution in [0.1, 0.15) is 97.1 Å². The molecular weight excluding hydrogens is 1040 g/mol. The monoisotopic (exact) mass is 1110 g/mol. The quantitative estimate of drug-likeness (QED) is 0.0137. The molecule has 0 aromatic heterocycles. The number of phenols is 3. The Morgan fingerprint density at radius 3 is 0.800 bits per heavy atom. The van der Waals surface area contributed by atoms with Crippen molar-refractivity contribution in [3.8, 4) is 17.2 Å². The van der Waals surface area contributed by atoms with Crippen molar-refractivity contribution in [1.82, 2.24) is 0 Å². The molecule has 424 valence electrons. The van der Waals surface area contributed by atoms with Gasteiger partial charge in [-0.15, -0.1) is 12.4 Å². The number of Topliss-reactive ketones (excluding diaryl/α,β-unsaturated/α-hetero) is 3. The van der Waals surface area contributed by atoms with Gasteiger partial charge in [0.1, 0.15) is 17.2 Å². The Morgan fingerprint density at radius 1 is 0.362 bits per heavy atom. The van der Waals surface area contributed by atoms with Gasteiger partial charge in [-0.05, 0) is 184 Å². The van der Waals surface area contributed by atoms with Crippen LogP contribution in [-0.4, -0.2) is 86.6 Å². The fourth-order valence-corrected chi connectivity index (χ4v) is 9.24. The van der Waals surface area contributed by atoms with E-state index in [1.54, 1.807) is 72.8 Å². The topological polar surface area (TPSA) is 355 Å². The molecule has 80 heavy (non-hydrogen) atoms. The van der Waals surface area contributed by atoms with E-state index in [-0.39, 0.29) is 68.2 Å². The molecule has 0 aliphatic rings. The molecular formula is C61H74ClN9O9. The van der Waals surface area contributed by atoms with E-state index >= 15 is 0 Å². The highest BCUT2D eigenvalue weighted by atomic mass is 35.5. The summed E-state index contributed by atoms with van der Waals surface area (Å²) in [5.41, 5.74) is 36.7. The summed E-state index contributed by atoms with van der Waals surface area (Å²) in [5.74, 6) is -4.00. The Balaban J connectivity index is 0.0000118. The number of benzene rings is 6. The molecule has 3 amide bonds. The van der Waals surface area contributed by atoms with Crippen LogP contribution in [-0.2, 0) is 48.0 Å². The number of amides is 3. The van der Waals surface area contributed by atoms with Crippen LogP contribution in [0.2, 0.25) is 0 Å². The number of rotatable bonds is 30. The van der Waals surface area contributed by atoms with Gasteiger partial charge in [-0.25, -0.2) is 0 Å². The van der Waals surface area contributed by atoms with Gasteiger partial charge in [0.05, 0.1) is 0 Å². The van der Waals surface area contributed by atoms with Crippen molar-refractivity contribution < 1.29 is 44.1 Å². The molecule has 0 saturated heterocycles. The van der Waals surface area contributed by atoms with Crippen molar-refractivity contribution in [2.24, 2.45) is 34.4 Å². The molecule has 0 heterocycles. The van der Waals surface area contributed by atoms with Crippen LogP contribution < -0.4 is 50.4 Å². The summed E-state index contributed by atoms with van der Waals surface area (Å²) >= 11 is 0. The zero-order valence-electron chi connectivity index (χ0n) is 44.7. The Hall–Kier alpha value is -7.81. The molecule has 0 saturated carbocycles. The second-order valence-corrected chi connectivity index (χ2v) is 20.1. The van der Waals surface area contributed by atoms with Gasteiger partial charge in [-0.3, -0.25) is 28.8 Å². The van der Waals surface area contributed by atoms with Crippen molar-refractivity contribution in [1.29, 1.82) is 0 Å². The van der Waals surface area contributed by atoms with E-state index in [1.807, 2.05) is 36.4 Å². The lowest BCUT2D eigenvalue weighted by molar-refractivity contribution is -0.134. The van der Waals surface area contributed by atoms with Crippen molar-refractivity contribution >= 4 is 64.5 Å². The molecule has 0 aliphatic heterocycles. The van der Waals surface area contributed by atoms with Gasteiger partial charge in [-0.2, -0.15) is 0 Å². The number of ketones is 3. The smallest absolute Gasteiger partial charge is 0.252 e. The van der Waals surface area contributed by atoms with E-state index in [1.165, 1.54) is 36.4 Å². The Bertz CT molecular complexity index is 2690. The third-order valence-corrected chi connectivity index (χ3v) is 14.2. The summed E-state index contributed by atoms with van der Waals surface area (Å²) < 4.78 is 0. The van der Waals surface area contributed by atoms with Crippen molar-refractivity contribution in [2.75, 3.05) is 35.6 Å². The lowest BCUT2D eigenvalue weighted by Gasteiger charge is -2.28. The fourth-order valence-electron chi connectivity index (χ4n) is 9.24. The molecule has 18 N–H and O–H groups in total. The van der Waals surface area contributed by atoms with Crippen LogP contribution >= 0.6 is 12.4 Å². The number of halogens is 1. The lowest BCUT2D eigenvalue weighted by atomic mass is 9.83. The second-order valence-electron chi connectivity index (χ2n) is 20.1. The third-order valence-electron chi connectivity index (χ3n) is 14.2. The van der Waals surface area contributed by atoms with Gasteiger partial charge < -0.3 is 65.7 Å². The minimum absolute atomic E-state index is 0. The summed E-state index contributed by atoms with van der Waals surface area (Å²) in [5, 5.41) is 37.9. The molecule has 6 rings (SSSR count). The van der Waals surface area contributed by atoms with Crippen LogP contribution in [0.15, 0.2) is 146 Å². The summed E-state index contributed by atoms with van der Waals surface area (Å²) in [6.07, 6.45) is 2.65. The van der Waals surface area contributed by atoms with Crippen molar-refractivity contribution in [3.05, 3.63) is 179 Å². The van der Waals surface area contributed by atoms with Crippen LogP contribution in [0.3, 0.4) is 0 Å². The number of anilines is 3. The maximum Gasteiger partial charge on any atom is 0.252 e. The van der Waals surface area contributed by atoms with Gasteiger partial charge in [-0.1, -0.05) is 72.8 Å². The minimum Gasteiger partial charge on any atom is -0.508 e. The highest BCUT2D eigenvalue weighted by molar-refractivity contribution is 6.17. The highest BCUT2D eigenvalue weighted by Gasteiger charge is 2.43. The number of nitrogens with one attached hydrogen (secondary N) is 3. The van der Waals surface area contributed by atoms with Crippen molar-refractivity contribution in [3.63, 3.8) is 0 Å².